The number of piperidine rings is 1. The number of likely N-dealkylation sites (tertiary alicyclic amines) is 1. The van der Waals surface area contributed by atoms with Gasteiger partial charge in [0.2, 0.25) is 0 Å². The van der Waals surface area contributed by atoms with Crippen LogP contribution in [0.25, 0.3) is 0 Å². The molecule has 1 N–H and O–H groups in total. The van der Waals surface area contributed by atoms with Crippen LogP contribution in [0.5, 0.6) is 0 Å². The van der Waals surface area contributed by atoms with E-state index in [1.54, 1.807) is 0 Å². The van der Waals surface area contributed by atoms with Crippen LogP contribution in [0.1, 0.15) is 24.8 Å². The molecule has 1 fully saturated rings. The zero-order chi connectivity index (χ0) is 11.9. The van der Waals surface area contributed by atoms with Crippen LogP contribution in [0.2, 0.25) is 0 Å². The first-order valence-corrected chi connectivity index (χ1v) is 6.66. The van der Waals surface area contributed by atoms with E-state index >= 15 is 0 Å². The highest BCUT2D eigenvalue weighted by Crippen LogP contribution is 2.13. The van der Waals surface area contributed by atoms with E-state index in [0.717, 1.165) is 25.6 Å². The van der Waals surface area contributed by atoms with Gasteiger partial charge >= 0.3 is 0 Å². The lowest BCUT2D eigenvalue weighted by Gasteiger charge is -2.32. The molecule has 0 bridgehead atoms. The normalized spacial score (nSPS) is 21.6. The molecular weight excluding hydrogens is 210 g/mol. The summed E-state index contributed by atoms with van der Waals surface area (Å²) in [5.74, 6) is 0. The van der Waals surface area contributed by atoms with Gasteiger partial charge in [0, 0.05) is 25.0 Å². The fourth-order valence-corrected chi connectivity index (χ4v) is 2.45. The average molecular weight is 233 g/mol. The molecule has 1 aromatic rings. The summed E-state index contributed by atoms with van der Waals surface area (Å²) in [5, 5.41) is 3.56. The molecule has 0 amide bonds. The molecule has 2 heterocycles. The molecule has 1 saturated heterocycles. The molecule has 3 heteroatoms. The van der Waals surface area contributed by atoms with Crippen molar-refractivity contribution in [3.05, 3.63) is 30.1 Å². The predicted octanol–water partition coefficient (Wildman–Crippen LogP) is 1.70. The lowest BCUT2D eigenvalue weighted by Crippen LogP contribution is -2.43. The molecule has 1 aliphatic rings. The van der Waals surface area contributed by atoms with E-state index in [2.05, 4.69) is 28.3 Å². The molecule has 0 saturated carbocycles. The molecule has 1 atom stereocenters. The van der Waals surface area contributed by atoms with Gasteiger partial charge in [0.15, 0.2) is 0 Å². The van der Waals surface area contributed by atoms with Crippen LogP contribution in [0.3, 0.4) is 0 Å². The minimum Gasteiger partial charge on any atom is -0.315 e. The van der Waals surface area contributed by atoms with Crippen LogP contribution in [0, 0.1) is 0 Å². The van der Waals surface area contributed by atoms with E-state index in [0.29, 0.717) is 0 Å². The summed E-state index contributed by atoms with van der Waals surface area (Å²) in [5.41, 5.74) is 1.32. The summed E-state index contributed by atoms with van der Waals surface area (Å²) in [4.78, 5) is 6.62. The van der Waals surface area contributed by atoms with Gasteiger partial charge in [-0.15, -0.1) is 0 Å². The molecule has 0 spiro atoms. The summed E-state index contributed by atoms with van der Waals surface area (Å²) < 4.78 is 0. The first-order chi connectivity index (χ1) is 8.36. The summed E-state index contributed by atoms with van der Waals surface area (Å²) in [6, 6.07) is 4.88. The van der Waals surface area contributed by atoms with Gasteiger partial charge in [-0.3, -0.25) is 4.98 Å². The van der Waals surface area contributed by atoms with Gasteiger partial charge in [0.25, 0.3) is 0 Å². The van der Waals surface area contributed by atoms with Crippen molar-refractivity contribution >= 4 is 0 Å². The number of hydrogen-bond donors (Lipinski definition) is 1. The Balaban J connectivity index is 1.63. The van der Waals surface area contributed by atoms with Crippen molar-refractivity contribution in [2.75, 3.05) is 26.7 Å². The fourth-order valence-electron chi connectivity index (χ4n) is 2.45. The maximum Gasteiger partial charge on any atom is 0.0300 e. The van der Waals surface area contributed by atoms with Crippen molar-refractivity contribution < 1.29 is 0 Å². The van der Waals surface area contributed by atoms with Gasteiger partial charge < -0.3 is 10.2 Å². The van der Waals surface area contributed by atoms with Crippen molar-refractivity contribution in [2.45, 2.75) is 31.7 Å². The Morgan fingerprint density at radius 1 is 1.47 bits per heavy atom. The Morgan fingerprint density at radius 3 is 3.18 bits per heavy atom. The van der Waals surface area contributed by atoms with E-state index in [-0.39, 0.29) is 0 Å². The van der Waals surface area contributed by atoms with Crippen LogP contribution in [0.15, 0.2) is 24.5 Å². The zero-order valence-electron chi connectivity index (χ0n) is 10.7. The third-order valence-corrected chi connectivity index (χ3v) is 3.61. The lowest BCUT2D eigenvalue weighted by molar-refractivity contribution is 0.182. The van der Waals surface area contributed by atoms with E-state index in [9.17, 15) is 0 Å². The van der Waals surface area contributed by atoms with Gasteiger partial charge in [-0.1, -0.05) is 12.5 Å². The molecular formula is C14H23N3. The Kier molecular flexibility index (Phi) is 4.95. The highest BCUT2D eigenvalue weighted by molar-refractivity contribution is 5.08. The maximum atomic E-state index is 4.13. The zero-order valence-corrected chi connectivity index (χ0v) is 10.7. The second kappa shape index (κ2) is 6.72. The topological polar surface area (TPSA) is 28.2 Å². The second-order valence-corrected chi connectivity index (χ2v) is 4.95. The molecule has 1 unspecified atom stereocenters. The Labute approximate surface area is 104 Å². The highest BCUT2D eigenvalue weighted by atomic mass is 15.2. The Morgan fingerprint density at radius 2 is 2.41 bits per heavy atom. The van der Waals surface area contributed by atoms with E-state index in [4.69, 9.17) is 0 Å². The van der Waals surface area contributed by atoms with E-state index in [1.807, 2.05) is 18.5 Å². The van der Waals surface area contributed by atoms with Crippen LogP contribution >= 0.6 is 0 Å². The quantitative estimate of drug-likeness (QED) is 0.785. The molecule has 0 aliphatic carbocycles. The SMILES string of the molecule is CN1CCCCC1CNCCc1cccnc1. The number of hydrogen-bond acceptors (Lipinski definition) is 3. The number of aromatic nitrogens is 1. The first-order valence-electron chi connectivity index (χ1n) is 6.66. The molecule has 0 aromatic carbocycles. The Bertz CT molecular complexity index is 313. The van der Waals surface area contributed by atoms with Crippen molar-refractivity contribution in [3.8, 4) is 0 Å². The summed E-state index contributed by atoms with van der Waals surface area (Å²) in [7, 11) is 2.24. The van der Waals surface area contributed by atoms with Crippen LogP contribution in [-0.2, 0) is 6.42 Å². The molecule has 2 rings (SSSR count). The summed E-state index contributed by atoms with van der Waals surface area (Å²) in [6.45, 7) is 3.43. The average Bonchev–Trinajstić information content (AvgIpc) is 2.38. The number of nitrogens with one attached hydrogen (secondary N) is 1. The van der Waals surface area contributed by atoms with Gasteiger partial charge in [0.1, 0.15) is 0 Å². The van der Waals surface area contributed by atoms with Crippen LogP contribution < -0.4 is 5.32 Å². The van der Waals surface area contributed by atoms with Crippen LogP contribution in [0.4, 0.5) is 0 Å². The van der Waals surface area contributed by atoms with Gasteiger partial charge in [0.05, 0.1) is 0 Å². The molecule has 0 radical (unpaired) electrons. The number of nitrogens with zero attached hydrogens (tertiary/aromatic N) is 2. The lowest BCUT2D eigenvalue weighted by atomic mass is 10.0. The maximum absolute atomic E-state index is 4.13. The third kappa shape index (κ3) is 4.10. The predicted molar refractivity (Wildman–Crippen MR) is 71.1 cm³/mol. The molecule has 3 nitrogen and oxygen atoms in total. The van der Waals surface area contributed by atoms with Crippen molar-refractivity contribution in [2.24, 2.45) is 0 Å². The van der Waals surface area contributed by atoms with Gasteiger partial charge in [-0.25, -0.2) is 0 Å². The standard InChI is InChI=1S/C14H23N3/c1-17-10-3-2-6-14(17)12-16-9-7-13-5-4-8-15-11-13/h4-5,8,11,14,16H,2-3,6-7,9-10,12H2,1H3. The smallest absolute Gasteiger partial charge is 0.0300 e. The van der Waals surface area contributed by atoms with E-state index < -0.39 is 0 Å². The number of pyridine rings is 1. The number of rotatable bonds is 5. The minimum absolute atomic E-state index is 0.734. The Hall–Kier alpha value is -0.930. The summed E-state index contributed by atoms with van der Waals surface area (Å²) >= 11 is 0. The molecule has 1 aliphatic heterocycles. The largest absolute Gasteiger partial charge is 0.315 e. The van der Waals surface area contributed by atoms with Crippen molar-refractivity contribution in [3.63, 3.8) is 0 Å². The van der Waals surface area contributed by atoms with Gasteiger partial charge in [-0.05, 0) is 51.0 Å². The van der Waals surface area contributed by atoms with E-state index in [1.165, 1.54) is 31.4 Å². The van der Waals surface area contributed by atoms with Gasteiger partial charge in [-0.2, -0.15) is 0 Å². The second-order valence-electron chi connectivity index (χ2n) is 4.95. The fraction of sp³-hybridized carbons (Fsp3) is 0.643. The van der Waals surface area contributed by atoms with Crippen LogP contribution in [-0.4, -0.2) is 42.6 Å². The molecule has 1 aromatic heterocycles. The summed E-state index contributed by atoms with van der Waals surface area (Å²) in [6.07, 6.45) is 8.95. The highest BCUT2D eigenvalue weighted by Gasteiger charge is 2.17. The van der Waals surface area contributed by atoms with Crippen molar-refractivity contribution in [1.82, 2.24) is 15.2 Å². The molecule has 94 valence electrons. The molecule has 17 heavy (non-hydrogen) atoms. The minimum atomic E-state index is 0.734. The van der Waals surface area contributed by atoms with Crippen molar-refractivity contribution in [1.29, 1.82) is 0 Å². The first kappa shape index (κ1) is 12.5. The monoisotopic (exact) mass is 233 g/mol. The third-order valence-electron chi connectivity index (χ3n) is 3.61. The number of likely N-dealkylation sites (N-methyl/N-ethyl adjacent to an activating group) is 1.